The third kappa shape index (κ3) is 2.38. The summed E-state index contributed by atoms with van der Waals surface area (Å²) in [6.45, 7) is -2.82. The first-order valence-electron chi connectivity index (χ1n) is 6.03. The SMILES string of the molecule is FC(F)Oc1ccc(N[C@H]2C[C@@H]3CC[C@@H]2O3)nc1. The Morgan fingerprint density at radius 1 is 1.39 bits per heavy atom. The lowest BCUT2D eigenvalue weighted by Crippen LogP contribution is -2.30. The van der Waals surface area contributed by atoms with Crippen LogP contribution in [0.1, 0.15) is 19.3 Å². The van der Waals surface area contributed by atoms with Crippen LogP contribution in [0.3, 0.4) is 0 Å². The van der Waals surface area contributed by atoms with Gasteiger partial charge in [0.05, 0.1) is 24.4 Å². The summed E-state index contributed by atoms with van der Waals surface area (Å²) < 4.78 is 33.9. The summed E-state index contributed by atoms with van der Waals surface area (Å²) in [5.41, 5.74) is 0. The normalized spacial score (nSPS) is 29.8. The molecule has 18 heavy (non-hydrogen) atoms. The predicted molar refractivity (Wildman–Crippen MR) is 60.8 cm³/mol. The first-order valence-corrected chi connectivity index (χ1v) is 6.03. The lowest BCUT2D eigenvalue weighted by molar-refractivity contribution is -0.0500. The fourth-order valence-corrected chi connectivity index (χ4v) is 2.62. The van der Waals surface area contributed by atoms with Gasteiger partial charge in [0.25, 0.3) is 0 Å². The number of rotatable bonds is 4. The zero-order valence-electron chi connectivity index (χ0n) is 9.68. The molecule has 1 aromatic heterocycles. The summed E-state index contributed by atoms with van der Waals surface area (Å²) >= 11 is 0. The van der Waals surface area contributed by atoms with Crippen LogP contribution in [-0.2, 0) is 4.74 Å². The summed E-state index contributed by atoms with van der Waals surface area (Å²) in [6.07, 6.45) is 5.12. The molecule has 3 heterocycles. The minimum absolute atomic E-state index is 0.0692. The third-order valence-electron chi connectivity index (χ3n) is 3.40. The van der Waals surface area contributed by atoms with Crippen molar-refractivity contribution in [1.82, 2.24) is 4.98 Å². The number of fused-ring (bicyclic) bond motifs is 2. The standard InChI is InChI=1S/C12H14F2N2O2/c13-12(14)18-8-2-4-11(15-6-8)16-9-5-7-1-3-10(9)17-7/h2,4,6-7,9-10,12H,1,3,5H2,(H,15,16)/t7-,9-,10-/m0/s1. The molecule has 2 aliphatic rings. The van der Waals surface area contributed by atoms with Crippen molar-refractivity contribution in [3.8, 4) is 5.75 Å². The van der Waals surface area contributed by atoms with E-state index in [1.807, 2.05) is 0 Å². The number of hydrogen-bond donors (Lipinski definition) is 1. The lowest BCUT2D eigenvalue weighted by Gasteiger charge is -2.20. The number of anilines is 1. The van der Waals surface area contributed by atoms with Crippen LogP contribution >= 0.6 is 0 Å². The van der Waals surface area contributed by atoms with E-state index in [9.17, 15) is 8.78 Å². The number of nitrogens with zero attached hydrogens (tertiary/aromatic N) is 1. The van der Waals surface area contributed by atoms with Crippen LogP contribution in [0.5, 0.6) is 5.75 Å². The van der Waals surface area contributed by atoms with Crippen LogP contribution in [0.4, 0.5) is 14.6 Å². The van der Waals surface area contributed by atoms with Gasteiger partial charge >= 0.3 is 6.61 Å². The van der Waals surface area contributed by atoms with Crippen molar-refractivity contribution in [3.63, 3.8) is 0 Å². The smallest absolute Gasteiger partial charge is 0.387 e. The van der Waals surface area contributed by atoms with E-state index in [0.29, 0.717) is 11.9 Å². The second-order valence-corrected chi connectivity index (χ2v) is 4.62. The van der Waals surface area contributed by atoms with Crippen LogP contribution in [0.2, 0.25) is 0 Å². The van der Waals surface area contributed by atoms with Crippen LogP contribution in [-0.4, -0.2) is 29.8 Å². The van der Waals surface area contributed by atoms with Crippen LogP contribution in [0.15, 0.2) is 18.3 Å². The van der Waals surface area contributed by atoms with Gasteiger partial charge in [0.1, 0.15) is 11.6 Å². The number of pyridine rings is 1. The maximum Gasteiger partial charge on any atom is 0.387 e. The monoisotopic (exact) mass is 256 g/mol. The number of hydrogen-bond acceptors (Lipinski definition) is 4. The highest BCUT2D eigenvalue weighted by Crippen LogP contribution is 2.35. The van der Waals surface area contributed by atoms with Gasteiger partial charge in [0, 0.05) is 0 Å². The number of aromatic nitrogens is 1. The van der Waals surface area contributed by atoms with Crippen molar-refractivity contribution in [1.29, 1.82) is 0 Å². The number of ether oxygens (including phenoxy) is 2. The maximum atomic E-state index is 12.0. The van der Waals surface area contributed by atoms with E-state index in [1.54, 1.807) is 6.07 Å². The Hall–Kier alpha value is -1.43. The van der Waals surface area contributed by atoms with Gasteiger partial charge in [-0.2, -0.15) is 8.78 Å². The van der Waals surface area contributed by atoms with E-state index >= 15 is 0 Å². The average molecular weight is 256 g/mol. The van der Waals surface area contributed by atoms with Crippen LogP contribution in [0.25, 0.3) is 0 Å². The average Bonchev–Trinajstić information content (AvgIpc) is 2.93. The van der Waals surface area contributed by atoms with Gasteiger partial charge in [-0.3, -0.25) is 0 Å². The molecule has 1 N–H and O–H groups in total. The molecule has 3 rings (SSSR count). The molecule has 98 valence electrons. The quantitative estimate of drug-likeness (QED) is 0.898. The molecule has 0 amide bonds. The predicted octanol–water partition coefficient (Wildman–Crippen LogP) is 2.41. The van der Waals surface area contributed by atoms with Gasteiger partial charge in [-0.25, -0.2) is 4.98 Å². The second-order valence-electron chi connectivity index (χ2n) is 4.62. The summed E-state index contributed by atoms with van der Waals surface area (Å²) in [4.78, 5) is 4.05. The molecule has 2 saturated heterocycles. The molecule has 0 aliphatic carbocycles. The molecular weight excluding hydrogens is 242 g/mol. The number of halogens is 2. The molecule has 0 spiro atoms. The first-order chi connectivity index (χ1) is 8.70. The lowest BCUT2D eigenvalue weighted by atomic mass is 9.95. The van der Waals surface area contributed by atoms with Gasteiger partial charge in [0.2, 0.25) is 0 Å². The Bertz CT molecular complexity index is 413. The molecule has 3 atom stereocenters. The minimum atomic E-state index is -2.82. The molecule has 0 unspecified atom stereocenters. The molecule has 0 radical (unpaired) electrons. The first kappa shape index (κ1) is 11.6. The van der Waals surface area contributed by atoms with Gasteiger partial charge in [-0.1, -0.05) is 0 Å². The molecular formula is C12H14F2N2O2. The highest BCUT2D eigenvalue weighted by molar-refractivity contribution is 5.39. The highest BCUT2D eigenvalue weighted by atomic mass is 19.3. The largest absolute Gasteiger partial charge is 0.433 e. The third-order valence-corrected chi connectivity index (χ3v) is 3.40. The van der Waals surface area contributed by atoms with E-state index in [-0.39, 0.29) is 17.9 Å². The Kier molecular flexibility index (Phi) is 3.03. The minimum Gasteiger partial charge on any atom is -0.433 e. The number of nitrogens with one attached hydrogen (secondary N) is 1. The molecule has 6 heteroatoms. The molecule has 1 aromatic rings. The molecule has 4 nitrogen and oxygen atoms in total. The Labute approximate surface area is 103 Å². The zero-order valence-corrected chi connectivity index (χ0v) is 9.68. The van der Waals surface area contributed by atoms with E-state index in [4.69, 9.17) is 4.74 Å². The summed E-state index contributed by atoms with van der Waals surface area (Å²) in [7, 11) is 0. The van der Waals surface area contributed by atoms with Crippen molar-refractivity contribution in [3.05, 3.63) is 18.3 Å². The van der Waals surface area contributed by atoms with Gasteiger partial charge in [-0.15, -0.1) is 0 Å². The fourth-order valence-electron chi connectivity index (χ4n) is 2.62. The van der Waals surface area contributed by atoms with Crippen molar-refractivity contribution < 1.29 is 18.3 Å². The zero-order chi connectivity index (χ0) is 12.5. The van der Waals surface area contributed by atoms with Gasteiger partial charge in [0.15, 0.2) is 0 Å². The highest BCUT2D eigenvalue weighted by Gasteiger charge is 2.40. The Morgan fingerprint density at radius 2 is 2.28 bits per heavy atom. The van der Waals surface area contributed by atoms with Crippen LogP contribution in [0, 0.1) is 0 Å². The maximum absolute atomic E-state index is 12.0. The van der Waals surface area contributed by atoms with Gasteiger partial charge < -0.3 is 14.8 Å². The summed E-state index contributed by atoms with van der Waals surface area (Å²) in [5.74, 6) is 0.734. The Balaban J connectivity index is 1.60. The van der Waals surface area contributed by atoms with E-state index in [1.165, 1.54) is 12.3 Å². The molecule has 0 aromatic carbocycles. The molecule has 0 saturated carbocycles. The Morgan fingerprint density at radius 3 is 2.83 bits per heavy atom. The summed E-state index contributed by atoms with van der Waals surface area (Å²) in [5, 5.41) is 3.27. The van der Waals surface area contributed by atoms with Crippen molar-refractivity contribution in [2.45, 2.75) is 44.1 Å². The summed E-state index contributed by atoms with van der Waals surface area (Å²) in [6, 6.07) is 3.40. The number of alkyl halides is 2. The second kappa shape index (κ2) is 4.68. The van der Waals surface area contributed by atoms with Gasteiger partial charge in [-0.05, 0) is 31.4 Å². The molecule has 2 aliphatic heterocycles. The van der Waals surface area contributed by atoms with Crippen molar-refractivity contribution in [2.75, 3.05) is 5.32 Å². The fraction of sp³-hybridized carbons (Fsp3) is 0.583. The van der Waals surface area contributed by atoms with Crippen LogP contribution < -0.4 is 10.1 Å². The molecule has 2 bridgehead atoms. The molecule has 2 fully saturated rings. The topological polar surface area (TPSA) is 43.4 Å². The van der Waals surface area contributed by atoms with E-state index < -0.39 is 6.61 Å². The van der Waals surface area contributed by atoms with E-state index in [2.05, 4.69) is 15.0 Å². The van der Waals surface area contributed by atoms with Crippen molar-refractivity contribution in [2.24, 2.45) is 0 Å². The van der Waals surface area contributed by atoms with Crippen molar-refractivity contribution >= 4 is 5.82 Å². The van der Waals surface area contributed by atoms with E-state index in [0.717, 1.165) is 19.3 Å².